The van der Waals surface area contributed by atoms with E-state index in [9.17, 15) is 5.11 Å². The van der Waals surface area contributed by atoms with Crippen LogP contribution in [0.4, 0.5) is 0 Å². The van der Waals surface area contributed by atoms with E-state index in [2.05, 4.69) is 31.2 Å². The van der Waals surface area contributed by atoms with Crippen LogP contribution in [-0.4, -0.2) is 17.0 Å². The van der Waals surface area contributed by atoms with Crippen LogP contribution in [0.5, 0.6) is 0 Å². The second-order valence-electron chi connectivity index (χ2n) is 5.51. The summed E-state index contributed by atoms with van der Waals surface area (Å²) in [6, 6.07) is 8.51. The van der Waals surface area contributed by atoms with Gasteiger partial charge in [-0.25, -0.2) is 0 Å². The molecule has 0 radical (unpaired) electrons. The maximum Gasteiger partial charge on any atom is 0.0634 e. The molecule has 2 heteroatoms. The number of aryl methyl sites for hydroxylation is 1. The van der Waals surface area contributed by atoms with Crippen LogP contribution in [0, 0.1) is 12.8 Å². The van der Waals surface area contributed by atoms with Crippen LogP contribution < -0.4 is 0 Å². The smallest absolute Gasteiger partial charge is 0.0634 e. The average molecular weight is 264 g/mol. The molecule has 0 amide bonds. The maximum atomic E-state index is 10.0. The average Bonchev–Trinajstić information content (AvgIpc) is 2.87. The Morgan fingerprint density at radius 2 is 2.11 bits per heavy atom. The molecule has 2 rings (SSSR count). The predicted molar refractivity (Wildman–Crippen MR) is 79.1 cm³/mol. The lowest BCUT2D eigenvalue weighted by Crippen LogP contribution is -2.11. The fourth-order valence-electron chi connectivity index (χ4n) is 2.71. The Kier molecular flexibility index (Phi) is 5.58. The third-order valence-electron chi connectivity index (χ3n) is 3.81. The van der Waals surface area contributed by atoms with E-state index in [0.717, 1.165) is 18.1 Å². The van der Waals surface area contributed by atoms with Gasteiger partial charge in [0.2, 0.25) is 0 Å². The van der Waals surface area contributed by atoms with Crippen molar-refractivity contribution in [2.45, 2.75) is 56.4 Å². The minimum absolute atomic E-state index is 0.142. The van der Waals surface area contributed by atoms with Crippen LogP contribution in [0.1, 0.15) is 44.1 Å². The fraction of sp³-hybridized carbons (Fsp3) is 0.625. The number of aliphatic hydroxyl groups excluding tert-OH is 1. The van der Waals surface area contributed by atoms with Gasteiger partial charge in [0.1, 0.15) is 0 Å². The molecular formula is C16H24OS. The van der Waals surface area contributed by atoms with Crippen molar-refractivity contribution in [2.24, 2.45) is 5.92 Å². The molecule has 0 saturated heterocycles. The quantitative estimate of drug-likeness (QED) is 0.768. The molecule has 1 aliphatic carbocycles. The summed E-state index contributed by atoms with van der Waals surface area (Å²) in [5, 5.41) is 10.0. The summed E-state index contributed by atoms with van der Waals surface area (Å²) < 4.78 is 0. The largest absolute Gasteiger partial charge is 0.392 e. The molecule has 1 saturated carbocycles. The molecule has 1 fully saturated rings. The highest BCUT2D eigenvalue weighted by Crippen LogP contribution is 2.29. The summed E-state index contributed by atoms with van der Waals surface area (Å²) in [7, 11) is 0. The number of hydrogen-bond acceptors (Lipinski definition) is 2. The highest BCUT2D eigenvalue weighted by molar-refractivity contribution is 7.99. The molecule has 0 spiro atoms. The number of aliphatic hydroxyl groups is 1. The lowest BCUT2D eigenvalue weighted by atomic mass is 10.0. The first kappa shape index (κ1) is 14.0. The van der Waals surface area contributed by atoms with Gasteiger partial charge >= 0.3 is 0 Å². The first-order chi connectivity index (χ1) is 8.74. The summed E-state index contributed by atoms with van der Waals surface area (Å²) in [6.45, 7) is 2.11. The maximum absolute atomic E-state index is 10.0. The SMILES string of the molecule is Cc1cccc(SCC(O)CCC2CCCC2)c1. The molecule has 1 aromatic carbocycles. The van der Waals surface area contributed by atoms with Crippen LogP contribution in [-0.2, 0) is 0 Å². The molecule has 100 valence electrons. The fourth-order valence-corrected chi connectivity index (χ4v) is 3.70. The van der Waals surface area contributed by atoms with Gasteiger partial charge in [0.05, 0.1) is 6.10 Å². The van der Waals surface area contributed by atoms with Gasteiger partial charge in [0.25, 0.3) is 0 Å². The van der Waals surface area contributed by atoms with Crippen molar-refractivity contribution in [1.29, 1.82) is 0 Å². The van der Waals surface area contributed by atoms with Crippen LogP contribution in [0.2, 0.25) is 0 Å². The first-order valence-corrected chi connectivity index (χ1v) is 8.10. The third kappa shape index (κ3) is 4.66. The van der Waals surface area contributed by atoms with Crippen molar-refractivity contribution in [3.8, 4) is 0 Å². The topological polar surface area (TPSA) is 20.2 Å². The van der Waals surface area contributed by atoms with Crippen molar-refractivity contribution >= 4 is 11.8 Å². The molecule has 1 aliphatic rings. The van der Waals surface area contributed by atoms with Crippen molar-refractivity contribution in [2.75, 3.05) is 5.75 Å². The Hall–Kier alpha value is -0.470. The summed E-state index contributed by atoms with van der Waals surface area (Å²) in [5.41, 5.74) is 1.29. The number of thioether (sulfide) groups is 1. The van der Waals surface area contributed by atoms with Crippen molar-refractivity contribution in [3.63, 3.8) is 0 Å². The molecule has 1 N–H and O–H groups in total. The summed E-state index contributed by atoms with van der Waals surface area (Å²) in [6.07, 6.45) is 7.63. The van der Waals surface area contributed by atoms with Gasteiger partial charge in [-0.15, -0.1) is 11.8 Å². The third-order valence-corrected chi connectivity index (χ3v) is 4.95. The van der Waals surface area contributed by atoms with Crippen LogP contribution >= 0.6 is 11.8 Å². The number of benzene rings is 1. The van der Waals surface area contributed by atoms with Crippen LogP contribution in [0.3, 0.4) is 0 Å². The van der Waals surface area contributed by atoms with Gasteiger partial charge in [-0.05, 0) is 37.8 Å². The van der Waals surface area contributed by atoms with E-state index in [-0.39, 0.29) is 6.10 Å². The molecule has 1 aromatic rings. The number of hydrogen-bond donors (Lipinski definition) is 1. The van der Waals surface area contributed by atoms with Crippen LogP contribution in [0.15, 0.2) is 29.2 Å². The van der Waals surface area contributed by atoms with E-state index in [1.807, 2.05) is 0 Å². The molecule has 0 heterocycles. The molecule has 18 heavy (non-hydrogen) atoms. The van der Waals surface area contributed by atoms with Crippen molar-refractivity contribution in [1.82, 2.24) is 0 Å². The van der Waals surface area contributed by atoms with E-state index in [1.165, 1.54) is 42.6 Å². The van der Waals surface area contributed by atoms with E-state index < -0.39 is 0 Å². The van der Waals surface area contributed by atoms with Gasteiger partial charge < -0.3 is 5.11 Å². The predicted octanol–water partition coefficient (Wildman–Crippen LogP) is 4.42. The lowest BCUT2D eigenvalue weighted by Gasteiger charge is -2.13. The van der Waals surface area contributed by atoms with Gasteiger partial charge in [-0.3, -0.25) is 0 Å². The highest BCUT2D eigenvalue weighted by Gasteiger charge is 2.16. The zero-order valence-electron chi connectivity index (χ0n) is 11.3. The minimum Gasteiger partial charge on any atom is -0.392 e. The van der Waals surface area contributed by atoms with Gasteiger partial charge in [-0.2, -0.15) is 0 Å². The van der Waals surface area contributed by atoms with Crippen molar-refractivity contribution < 1.29 is 5.11 Å². The lowest BCUT2D eigenvalue weighted by molar-refractivity contribution is 0.178. The molecule has 0 aromatic heterocycles. The second kappa shape index (κ2) is 7.20. The summed E-state index contributed by atoms with van der Waals surface area (Å²) in [4.78, 5) is 1.27. The normalized spacial score (nSPS) is 18.1. The molecular weight excluding hydrogens is 240 g/mol. The molecule has 0 bridgehead atoms. The molecule has 1 nitrogen and oxygen atoms in total. The van der Waals surface area contributed by atoms with Crippen molar-refractivity contribution in [3.05, 3.63) is 29.8 Å². The van der Waals surface area contributed by atoms with E-state index in [0.29, 0.717) is 0 Å². The Balaban J connectivity index is 1.66. The highest BCUT2D eigenvalue weighted by atomic mass is 32.2. The Morgan fingerprint density at radius 1 is 1.33 bits per heavy atom. The molecule has 1 atom stereocenters. The Morgan fingerprint density at radius 3 is 2.83 bits per heavy atom. The van der Waals surface area contributed by atoms with Gasteiger partial charge in [0.15, 0.2) is 0 Å². The van der Waals surface area contributed by atoms with Crippen LogP contribution in [0.25, 0.3) is 0 Å². The van der Waals surface area contributed by atoms with E-state index in [4.69, 9.17) is 0 Å². The van der Waals surface area contributed by atoms with Gasteiger partial charge in [-0.1, -0.05) is 43.4 Å². The summed E-state index contributed by atoms with van der Waals surface area (Å²) in [5.74, 6) is 1.72. The Bertz CT molecular complexity index is 358. The molecule has 1 unspecified atom stereocenters. The minimum atomic E-state index is -0.142. The van der Waals surface area contributed by atoms with E-state index in [1.54, 1.807) is 11.8 Å². The Labute approximate surface area is 115 Å². The number of rotatable bonds is 6. The monoisotopic (exact) mass is 264 g/mol. The van der Waals surface area contributed by atoms with E-state index >= 15 is 0 Å². The second-order valence-corrected chi connectivity index (χ2v) is 6.60. The standard InChI is InChI=1S/C16H24OS/c1-13-5-4-8-16(11-13)18-12-15(17)10-9-14-6-2-3-7-14/h4-5,8,11,14-15,17H,2-3,6-7,9-10,12H2,1H3. The zero-order chi connectivity index (χ0) is 12.8. The molecule has 0 aliphatic heterocycles. The van der Waals surface area contributed by atoms with Gasteiger partial charge in [0, 0.05) is 10.6 Å². The zero-order valence-corrected chi connectivity index (χ0v) is 12.1. The summed E-state index contributed by atoms with van der Waals surface area (Å²) >= 11 is 1.78. The first-order valence-electron chi connectivity index (χ1n) is 7.11.